The highest BCUT2D eigenvalue weighted by Gasteiger charge is 1.95. The number of hydrogen-bond donors (Lipinski definition) is 1. The fourth-order valence-corrected chi connectivity index (χ4v) is 0.718. The van der Waals surface area contributed by atoms with Crippen molar-refractivity contribution in [1.29, 1.82) is 0 Å². The standard InChI is InChI=1S/C7H8BNO.2H2O/c8-6-3-1-5(2-4-6)7(9)10;;/h1-4H,8H2,(H2,9,10);2*1H2. The number of hydrogen-bond acceptors (Lipinski definition) is 1. The van der Waals surface area contributed by atoms with Gasteiger partial charge >= 0.3 is 0 Å². The SMILES string of the molecule is Bc1ccc(C(N)=O)cc1.O.O. The molecule has 0 aliphatic heterocycles. The van der Waals surface area contributed by atoms with E-state index in [1.165, 1.54) is 0 Å². The predicted octanol–water partition coefficient (Wildman–Crippen LogP) is -2.61. The number of primary amides is 1. The summed E-state index contributed by atoms with van der Waals surface area (Å²) in [7, 11) is 1.96. The lowest BCUT2D eigenvalue weighted by atomic mass is 9.95. The van der Waals surface area contributed by atoms with Crippen molar-refractivity contribution in [2.75, 3.05) is 0 Å². The van der Waals surface area contributed by atoms with Crippen molar-refractivity contribution < 1.29 is 15.7 Å². The molecule has 66 valence electrons. The summed E-state index contributed by atoms with van der Waals surface area (Å²) in [6.45, 7) is 0. The summed E-state index contributed by atoms with van der Waals surface area (Å²) in [4.78, 5) is 10.5. The van der Waals surface area contributed by atoms with Crippen LogP contribution in [0, 0.1) is 0 Å². The molecule has 0 unspecified atom stereocenters. The molecule has 1 rings (SSSR count). The van der Waals surface area contributed by atoms with E-state index in [9.17, 15) is 4.79 Å². The first-order chi connectivity index (χ1) is 4.70. The van der Waals surface area contributed by atoms with Crippen LogP contribution < -0.4 is 11.2 Å². The van der Waals surface area contributed by atoms with Gasteiger partial charge in [-0.3, -0.25) is 4.79 Å². The molecule has 4 nitrogen and oxygen atoms in total. The molecule has 0 bridgehead atoms. The van der Waals surface area contributed by atoms with Gasteiger partial charge in [0.15, 0.2) is 0 Å². The fraction of sp³-hybridized carbons (Fsp3) is 0. The van der Waals surface area contributed by atoms with Crippen molar-refractivity contribution >= 4 is 19.2 Å². The van der Waals surface area contributed by atoms with Crippen LogP contribution in [0.5, 0.6) is 0 Å². The molecule has 0 radical (unpaired) electrons. The zero-order valence-corrected chi connectivity index (χ0v) is 6.79. The van der Waals surface area contributed by atoms with Gasteiger partial charge in [0, 0.05) is 5.56 Å². The zero-order valence-electron chi connectivity index (χ0n) is 6.79. The summed E-state index contributed by atoms with van der Waals surface area (Å²) in [5.74, 6) is -0.375. The smallest absolute Gasteiger partial charge is 0.248 e. The van der Waals surface area contributed by atoms with E-state index in [1.807, 2.05) is 20.0 Å². The molecule has 1 aromatic rings. The Morgan fingerprint density at radius 3 is 1.92 bits per heavy atom. The van der Waals surface area contributed by atoms with Gasteiger partial charge in [0.2, 0.25) is 5.91 Å². The van der Waals surface area contributed by atoms with Crippen molar-refractivity contribution in [2.45, 2.75) is 0 Å². The highest BCUT2D eigenvalue weighted by atomic mass is 16.1. The Bertz CT molecular complexity index is 247. The second-order valence-corrected chi connectivity index (χ2v) is 2.23. The second-order valence-electron chi connectivity index (χ2n) is 2.23. The first kappa shape index (κ1) is 13.3. The Morgan fingerprint density at radius 2 is 1.58 bits per heavy atom. The molecule has 6 N–H and O–H groups in total. The van der Waals surface area contributed by atoms with E-state index in [0.717, 1.165) is 5.46 Å². The average Bonchev–Trinajstić information content (AvgIpc) is 1.88. The Kier molecular flexibility index (Phi) is 5.91. The minimum Gasteiger partial charge on any atom is -0.412 e. The van der Waals surface area contributed by atoms with Crippen molar-refractivity contribution in [3.8, 4) is 0 Å². The summed E-state index contributed by atoms with van der Waals surface area (Å²) in [6, 6.07) is 7.16. The van der Waals surface area contributed by atoms with Gasteiger partial charge in [-0.2, -0.15) is 0 Å². The highest BCUT2D eigenvalue weighted by Crippen LogP contribution is 1.92. The third-order valence-electron chi connectivity index (χ3n) is 1.34. The molecule has 0 heterocycles. The van der Waals surface area contributed by atoms with E-state index < -0.39 is 0 Å². The topological polar surface area (TPSA) is 106 Å². The summed E-state index contributed by atoms with van der Waals surface area (Å²) in [6.07, 6.45) is 0. The van der Waals surface area contributed by atoms with Gasteiger partial charge < -0.3 is 16.7 Å². The molecule has 0 aromatic heterocycles. The molecule has 0 atom stereocenters. The molecular formula is C7H12BNO3. The first-order valence-electron chi connectivity index (χ1n) is 3.06. The molecule has 1 amide bonds. The summed E-state index contributed by atoms with van der Waals surface area (Å²) in [5, 5.41) is 0. The van der Waals surface area contributed by atoms with Crippen LogP contribution >= 0.6 is 0 Å². The lowest BCUT2D eigenvalue weighted by Gasteiger charge is -1.93. The fourth-order valence-electron chi connectivity index (χ4n) is 0.718. The predicted molar refractivity (Wildman–Crippen MR) is 50.4 cm³/mol. The van der Waals surface area contributed by atoms with Crippen LogP contribution in [0.2, 0.25) is 0 Å². The molecule has 0 spiro atoms. The number of nitrogens with two attached hydrogens (primary N) is 1. The van der Waals surface area contributed by atoms with Crippen LogP contribution in [0.4, 0.5) is 0 Å². The van der Waals surface area contributed by atoms with E-state index in [1.54, 1.807) is 12.1 Å². The Hall–Kier alpha value is -1.33. The van der Waals surface area contributed by atoms with Gasteiger partial charge in [-0.15, -0.1) is 0 Å². The van der Waals surface area contributed by atoms with E-state index in [4.69, 9.17) is 5.73 Å². The number of carbonyl (C=O) groups is 1. The number of rotatable bonds is 1. The molecule has 0 aliphatic rings. The minimum absolute atomic E-state index is 0. The maximum absolute atomic E-state index is 10.5. The van der Waals surface area contributed by atoms with Gasteiger partial charge in [0.05, 0.1) is 0 Å². The molecule has 1 aromatic carbocycles. The number of amides is 1. The zero-order chi connectivity index (χ0) is 7.56. The summed E-state index contributed by atoms with van der Waals surface area (Å²) < 4.78 is 0. The molecule has 5 heteroatoms. The van der Waals surface area contributed by atoms with E-state index in [2.05, 4.69) is 0 Å². The maximum atomic E-state index is 10.5. The Labute approximate surface area is 71.4 Å². The third kappa shape index (κ3) is 3.18. The first-order valence-corrected chi connectivity index (χ1v) is 3.06. The van der Waals surface area contributed by atoms with Gasteiger partial charge in [-0.05, 0) is 0 Å². The van der Waals surface area contributed by atoms with Gasteiger partial charge in [-0.25, -0.2) is 0 Å². The van der Waals surface area contributed by atoms with Gasteiger partial charge in [0.1, 0.15) is 7.85 Å². The van der Waals surface area contributed by atoms with Gasteiger partial charge in [0.25, 0.3) is 0 Å². The van der Waals surface area contributed by atoms with Crippen molar-refractivity contribution in [1.82, 2.24) is 0 Å². The van der Waals surface area contributed by atoms with Crippen LogP contribution in [-0.2, 0) is 0 Å². The monoisotopic (exact) mass is 169 g/mol. The molecule has 0 fully saturated rings. The quantitative estimate of drug-likeness (QED) is 0.457. The lowest BCUT2D eigenvalue weighted by molar-refractivity contribution is 0.100. The van der Waals surface area contributed by atoms with Crippen LogP contribution in [0.1, 0.15) is 10.4 Å². The van der Waals surface area contributed by atoms with Gasteiger partial charge in [-0.1, -0.05) is 29.7 Å². The van der Waals surface area contributed by atoms with Crippen LogP contribution in [0.15, 0.2) is 24.3 Å². The normalized spacial score (nSPS) is 7.67. The Balaban J connectivity index is 0. The van der Waals surface area contributed by atoms with E-state index >= 15 is 0 Å². The second kappa shape index (κ2) is 5.34. The van der Waals surface area contributed by atoms with E-state index in [-0.39, 0.29) is 16.9 Å². The number of carbonyl (C=O) groups excluding carboxylic acids is 1. The number of benzene rings is 1. The summed E-state index contributed by atoms with van der Waals surface area (Å²) >= 11 is 0. The maximum Gasteiger partial charge on any atom is 0.248 e. The van der Waals surface area contributed by atoms with Crippen molar-refractivity contribution in [2.24, 2.45) is 5.73 Å². The van der Waals surface area contributed by atoms with E-state index in [0.29, 0.717) is 5.56 Å². The molecule has 0 saturated heterocycles. The summed E-state index contributed by atoms with van der Waals surface area (Å²) in [5.41, 5.74) is 6.72. The largest absolute Gasteiger partial charge is 0.412 e. The van der Waals surface area contributed by atoms with Crippen LogP contribution in [-0.4, -0.2) is 24.7 Å². The minimum atomic E-state index is -0.375. The molecule has 0 aliphatic carbocycles. The third-order valence-corrected chi connectivity index (χ3v) is 1.34. The van der Waals surface area contributed by atoms with Crippen molar-refractivity contribution in [3.63, 3.8) is 0 Å². The van der Waals surface area contributed by atoms with Crippen molar-refractivity contribution in [3.05, 3.63) is 29.8 Å². The lowest BCUT2D eigenvalue weighted by Crippen LogP contribution is -2.12. The van der Waals surface area contributed by atoms with Crippen LogP contribution in [0.25, 0.3) is 0 Å². The highest BCUT2D eigenvalue weighted by molar-refractivity contribution is 6.32. The Morgan fingerprint density at radius 1 is 1.17 bits per heavy atom. The molecule has 0 saturated carbocycles. The van der Waals surface area contributed by atoms with Crippen LogP contribution in [0.3, 0.4) is 0 Å². The molecule has 12 heavy (non-hydrogen) atoms. The average molecular weight is 169 g/mol. The molecular weight excluding hydrogens is 157 g/mol.